The maximum atomic E-state index is 13.6. The number of nitrogens with zero attached hydrogens (tertiary/aromatic N) is 1. The van der Waals surface area contributed by atoms with Crippen molar-refractivity contribution in [3.8, 4) is 0 Å². The number of hydrogen-bond acceptors (Lipinski definition) is 2. The molecule has 0 unspecified atom stereocenters. The Kier molecular flexibility index (Phi) is 7.29. The average molecular weight is 521 g/mol. The van der Waals surface area contributed by atoms with E-state index in [2.05, 4.69) is 15.9 Å². The summed E-state index contributed by atoms with van der Waals surface area (Å²) >= 11 is 9.58. The van der Waals surface area contributed by atoms with Gasteiger partial charge in [-0.15, -0.1) is 0 Å². The number of carbonyl (C=O) groups is 1. The molecule has 0 saturated carbocycles. The summed E-state index contributed by atoms with van der Waals surface area (Å²) in [6, 6.07) is 33.6. The number of aliphatic hydroxyl groups is 1. The van der Waals surface area contributed by atoms with Crippen LogP contribution in [-0.2, 0) is 12.1 Å². The van der Waals surface area contributed by atoms with E-state index in [1.807, 2.05) is 72.8 Å². The van der Waals surface area contributed by atoms with Crippen molar-refractivity contribution in [2.45, 2.75) is 12.1 Å². The minimum Gasteiger partial charge on any atom is -0.379 e. The summed E-state index contributed by atoms with van der Waals surface area (Å²) in [6.07, 6.45) is 0. The van der Waals surface area contributed by atoms with Crippen LogP contribution in [0.3, 0.4) is 0 Å². The number of amides is 1. The Morgan fingerprint density at radius 2 is 1.30 bits per heavy atom. The normalized spacial score (nSPS) is 12.7. The van der Waals surface area contributed by atoms with Crippen LogP contribution >= 0.6 is 27.5 Å². The minimum atomic E-state index is -1.44. The molecule has 0 spiro atoms. The van der Waals surface area contributed by atoms with Crippen molar-refractivity contribution in [2.24, 2.45) is 0 Å². The minimum absolute atomic E-state index is 0.0683. The van der Waals surface area contributed by atoms with Crippen molar-refractivity contribution in [3.63, 3.8) is 0 Å². The Morgan fingerprint density at radius 3 is 1.88 bits per heavy atom. The van der Waals surface area contributed by atoms with Crippen LogP contribution in [0.15, 0.2) is 114 Å². The zero-order chi connectivity index (χ0) is 23.3. The van der Waals surface area contributed by atoms with Crippen molar-refractivity contribution in [3.05, 3.63) is 141 Å². The molecule has 4 aromatic rings. The number of rotatable bonds is 7. The highest BCUT2D eigenvalue weighted by atomic mass is 79.9. The molecule has 0 aliphatic carbocycles. The molecule has 1 N–H and O–H groups in total. The zero-order valence-corrected chi connectivity index (χ0v) is 20.2. The van der Waals surface area contributed by atoms with E-state index in [0.717, 1.165) is 10.0 Å². The number of hydrogen-bond donors (Lipinski definition) is 1. The number of halogens is 2. The van der Waals surface area contributed by atoms with Gasteiger partial charge in [0.15, 0.2) is 0 Å². The Hall–Kier alpha value is -2.92. The topological polar surface area (TPSA) is 40.5 Å². The molecule has 0 heterocycles. The Bertz CT molecular complexity index is 1150. The van der Waals surface area contributed by atoms with E-state index in [4.69, 9.17) is 11.6 Å². The van der Waals surface area contributed by atoms with E-state index in [-0.39, 0.29) is 12.5 Å². The van der Waals surface area contributed by atoms with Crippen molar-refractivity contribution < 1.29 is 9.90 Å². The Balaban J connectivity index is 1.78. The summed E-state index contributed by atoms with van der Waals surface area (Å²) in [5.74, 6) is -0.149. The molecule has 0 radical (unpaired) electrons. The molecule has 0 bridgehead atoms. The molecule has 5 heteroatoms. The summed E-state index contributed by atoms with van der Waals surface area (Å²) in [5.41, 5.74) is 1.46. The average Bonchev–Trinajstić information content (AvgIpc) is 2.85. The quantitative estimate of drug-likeness (QED) is 0.295. The molecule has 0 saturated heterocycles. The summed E-state index contributed by atoms with van der Waals surface area (Å²) in [4.78, 5) is 15.3. The highest BCUT2D eigenvalue weighted by Gasteiger charge is 2.36. The summed E-state index contributed by atoms with van der Waals surface area (Å²) in [5, 5.41) is 12.7. The number of benzene rings is 4. The molecule has 166 valence electrons. The molecule has 3 nitrogen and oxygen atoms in total. The van der Waals surface area contributed by atoms with Crippen LogP contribution in [0.25, 0.3) is 0 Å². The highest BCUT2D eigenvalue weighted by Crippen LogP contribution is 2.33. The lowest BCUT2D eigenvalue weighted by Crippen LogP contribution is -2.44. The maximum Gasteiger partial charge on any atom is 0.254 e. The molecular weight excluding hydrogens is 498 g/mol. The zero-order valence-electron chi connectivity index (χ0n) is 17.9. The van der Waals surface area contributed by atoms with E-state index in [0.29, 0.717) is 28.3 Å². The Labute approximate surface area is 207 Å². The van der Waals surface area contributed by atoms with Gasteiger partial charge in [0.25, 0.3) is 5.91 Å². The van der Waals surface area contributed by atoms with Gasteiger partial charge in [0.1, 0.15) is 5.60 Å². The van der Waals surface area contributed by atoms with Crippen LogP contribution < -0.4 is 0 Å². The van der Waals surface area contributed by atoms with Gasteiger partial charge in [0.05, 0.1) is 6.54 Å². The molecular formula is C28H23BrClNO2. The van der Waals surface area contributed by atoms with E-state index in [1.54, 1.807) is 41.3 Å². The molecule has 1 amide bonds. The van der Waals surface area contributed by atoms with Gasteiger partial charge in [-0.3, -0.25) is 4.79 Å². The monoisotopic (exact) mass is 519 g/mol. The number of carbonyl (C=O) groups excluding carboxylic acids is 1. The second-order valence-corrected chi connectivity index (χ2v) is 9.24. The van der Waals surface area contributed by atoms with Gasteiger partial charge in [0, 0.05) is 21.6 Å². The van der Waals surface area contributed by atoms with Crippen molar-refractivity contribution in [2.75, 3.05) is 6.54 Å². The third-order valence-corrected chi connectivity index (χ3v) is 6.37. The van der Waals surface area contributed by atoms with Gasteiger partial charge >= 0.3 is 0 Å². The lowest BCUT2D eigenvalue weighted by atomic mass is 9.85. The van der Waals surface area contributed by atoms with Crippen LogP contribution in [-0.4, -0.2) is 22.5 Å². The van der Waals surface area contributed by atoms with Crippen molar-refractivity contribution >= 4 is 33.4 Å². The second kappa shape index (κ2) is 10.3. The van der Waals surface area contributed by atoms with E-state index >= 15 is 0 Å². The lowest BCUT2D eigenvalue weighted by molar-refractivity contribution is 0.0275. The first kappa shape index (κ1) is 23.2. The van der Waals surface area contributed by atoms with Gasteiger partial charge < -0.3 is 10.0 Å². The molecule has 1 atom stereocenters. The van der Waals surface area contributed by atoms with Gasteiger partial charge in [-0.25, -0.2) is 0 Å². The molecule has 0 aliphatic heterocycles. The van der Waals surface area contributed by atoms with E-state index < -0.39 is 5.60 Å². The molecule has 0 fully saturated rings. The van der Waals surface area contributed by atoms with Crippen LogP contribution in [0.2, 0.25) is 5.02 Å². The largest absolute Gasteiger partial charge is 0.379 e. The summed E-state index contributed by atoms with van der Waals surface area (Å²) in [7, 11) is 0. The van der Waals surface area contributed by atoms with Gasteiger partial charge in [-0.1, -0.05) is 100 Å². The first-order chi connectivity index (χ1) is 16.0. The van der Waals surface area contributed by atoms with Crippen molar-refractivity contribution in [1.82, 2.24) is 4.90 Å². The van der Waals surface area contributed by atoms with Crippen LogP contribution in [0, 0.1) is 0 Å². The van der Waals surface area contributed by atoms with Crippen LogP contribution in [0.1, 0.15) is 27.0 Å². The van der Waals surface area contributed by atoms with Gasteiger partial charge in [-0.2, -0.15) is 0 Å². The van der Waals surface area contributed by atoms with E-state index in [1.165, 1.54) is 0 Å². The van der Waals surface area contributed by atoms with Crippen molar-refractivity contribution in [1.29, 1.82) is 0 Å². The van der Waals surface area contributed by atoms with Gasteiger partial charge in [0.2, 0.25) is 0 Å². The first-order valence-corrected chi connectivity index (χ1v) is 11.8. The SMILES string of the molecule is O=C(c1ccccc1)N(Cc1ccccc1)C[C@](O)(c1ccc(Cl)cc1)c1ccc(Br)cc1. The predicted octanol–water partition coefficient (Wildman–Crippen LogP) is 6.68. The fraction of sp³-hybridized carbons (Fsp3) is 0.107. The molecule has 4 aromatic carbocycles. The highest BCUT2D eigenvalue weighted by molar-refractivity contribution is 9.10. The van der Waals surface area contributed by atoms with E-state index in [9.17, 15) is 9.90 Å². The molecule has 0 aliphatic rings. The first-order valence-electron chi connectivity index (χ1n) is 10.6. The van der Waals surface area contributed by atoms with Crippen LogP contribution in [0.5, 0.6) is 0 Å². The third kappa shape index (κ3) is 5.53. The van der Waals surface area contributed by atoms with Gasteiger partial charge in [-0.05, 0) is 53.1 Å². The van der Waals surface area contributed by atoms with Crippen LogP contribution in [0.4, 0.5) is 0 Å². The fourth-order valence-electron chi connectivity index (χ4n) is 3.84. The second-order valence-electron chi connectivity index (χ2n) is 7.89. The molecule has 4 rings (SSSR count). The molecule has 33 heavy (non-hydrogen) atoms. The third-order valence-electron chi connectivity index (χ3n) is 5.59. The smallest absolute Gasteiger partial charge is 0.254 e. The summed E-state index contributed by atoms with van der Waals surface area (Å²) < 4.78 is 0.909. The maximum absolute atomic E-state index is 13.6. The summed E-state index contributed by atoms with van der Waals surface area (Å²) in [6.45, 7) is 0.430. The standard InChI is InChI=1S/C28H23BrClNO2/c29-25-15-11-23(12-16-25)28(33,24-13-17-26(30)18-14-24)20-31(19-21-7-3-1-4-8-21)27(32)22-9-5-2-6-10-22/h1-18,33H,19-20H2/t28-/m1/s1. The molecule has 0 aromatic heterocycles. The Morgan fingerprint density at radius 1 is 0.788 bits per heavy atom. The predicted molar refractivity (Wildman–Crippen MR) is 136 cm³/mol. The fourth-order valence-corrected chi connectivity index (χ4v) is 4.23. The lowest BCUT2D eigenvalue weighted by Gasteiger charge is -2.35.